The molecule has 23 heavy (non-hydrogen) atoms. The van der Waals surface area contributed by atoms with Gasteiger partial charge in [-0.05, 0) is 31.2 Å². The molecular formula is C16H19F3N2O2. The zero-order valence-electron chi connectivity index (χ0n) is 13.1. The van der Waals surface area contributed by atoms with Crippen molar-refractivity contribution in [2.75, 3.05) is 5.73 Å². The third-order valence-corrected chi connectivity index (χ3v) is 2.86. The molecule has 126 valence electrons. The Morgan fingerprint density at radius 1 is 1.17 bits per heavy atom. The van der Waals surface area contributed by atoms with Crippen LogP contribution in [0, 0.1) is 0 Å². The second-order valence-corrected chi connectivity index (χ2v) is 4.48. The van der Waals surface area contributed by atoms with Gasteiger partial charge in [0, 0.05) is 17.4 Å². The van der Waals surface area contributed by atoms with E-state index in [1.165, 1.54) is 24.5 Å². The van der Waals surface area contributed by atoms with Gasteiger partial charge in [-0.25, -0.2) is 0 Å². The number of rotatable bonds is 3. The molecule has 2 aromatic rings. The van der Waals surface area contributed by atoms with E-state index >= 15 is 0 Å². The number of hydrogen-bond acceptors (Lipinski definition) is 4. The molecule has 0 fully saturated rings. The minimum Gasteiger partial charge on any atom is -0.506 e. The molecule has 0 saturated carbocycles. The van der Waals surface area contributed by atoms with Gasteiger partial charge >= 0.3 is 6.18 Å². The summed E-state index contributed by atoms with van der Waals surface area (Å²) in [5.74, 6) is -0.0106. The Labute approximate surface area is 132 Å². The molecular weight excluding hydrogens is 309 g/mol. The Morgan fingerprint density at radius 2 is 1.83 bits per heavy atom. The fraction of sp³-hybridized carbons (Fsp3) is 0.312. The molecule has 0 aliphatic heterocycles. The van der Waals surface area contributed by atoms with Crippen LogP contribution in [0.1, 0.15) is 38.0 Å². The maximum Gasteiger partial charge on any atom is 0.418 e. The number of nitrogen functional groups attached to an aromatic ring is 1. The molecule has 0 aliphatic carbocycles. The van der Waals surface area contributed by atoms with Gasteiger partial charge in [-0.15, -0.1) is 0 Å². The van der Waals surface area contributed by atoms with Crippen LogP contribution in [-0.2, 0) is 6.18 Å². The molecule has 2 rings (SSSR count). The highest BCUT2D eigenvalue weighted by molar-refractivity contribution is 5.52. The van der Waals surface area contributed by atoms with E-state index < -0.39 is 17.8 Å². The van der Waals surface area contributed by atoms with Crippen molar-refractivity contribution in [1.29, 1.82) is 0 Å². The van der Waals surface area contributed by atoms with Crippen LogP contribution in [0.4, 0.5) is 18.9 Å². The van der Waals surface area contributed by atoms with Gasteiger partial charge in [0.1, 0.15) is 17.6 Å². The number of nitrogens with zero attached hydrogens (tertiary/aromatic N) is 1. The van der Waals surface area contributed by atoms with E-state index in [2.05, 4.69) is 4.98 Å². The van der Waals surface area contributed by atoms with Crippen LogP contribution in [-0.4, -0.2) is 10.1 Å². The van der Waals surface area contributed by atoms with Crippen molar-refractivity contribution in [2.45, 2.75) is 33.1 Å². The molecule has 1 aromatic heterocycles. The average Bonchev–Trinajstić information content (AvgIpc) is 2.50. The molecule has 1 heterocycles. The molecule has 0 saturated heterocycles. The molecule has 0 bridgehead atoms. The first-order chi connectivity index (χ1) is 10.8. The number of anilines is 1. The number of aromatic hydroxyl groups is 1. The number of pyridine rings is 1. The fourth-order valence-electron chi connectivity index (χ4n) is 1.79. The standard InChI is InChI=1S/C14H13F3N2O2.C2H6/c1-8(9-4-10(20)7-19-6-9)21-11-2-3-13(18)12(5-11)14(15,16)17;1-2/h2-8,20H,18H2,1H3;1-2H3. The molecule has 1 atom stereocenters. The Balaban J connectivity index is 0.00000127. The lowest BCUT2D eigenvalue weighted by Crippen LogP contribution is -2.10. The molecule has 1 unspecified atom stereocenters. The first-order valence-electron chi connectivity index (χ1n) is 7.04. The monoisotopic (exact) mass is 328 g/mol. The second kappa shape index (κ2) is 7.71. The van der Waals surface area contributed by atoms with Gasteiger partial charge in [-0.1, -0.05) is 13.8 Å². The molecule has 0 amide bonds. The normalized spacial score (nSPS) is 12.1. The van der Waals surface area contributed by atoms with Crippen molar-refractivity contribution in [2.24, 2.45) is 0 Å². The maximum atomic E-state index is 12.8. The number of benzene rings is 1. The summed E-state index contributed by atoms with van der Waals surface area (Å²) in [7, 11) is 0. The maximum absolute atomic E-state index is 12.8. The van der Waals surface area contributed by atoms with E-state index in [4.69, 9.17) is 10.5 Å². The molecule has 0 radical (unpaired) electrons. The third kappa shape index (κ3) is 5.05. The topological polar surface area (TPSA) is 68.4 Å². The lowest BCUT2D eigenvalue weighted by atomic mass is 10.1. The van der Waals surface area contributed by atoms with Crippen molar-refractivity contribution >= 4 is 5.69 Å². The number of alkyl halides is 3. The highest BCUT2D eigenvalue weighted by Crippen LogP contribution is 2.36. The van der Waals surface area contributed by atoms with Crippen molar-refractivity contribution in [3.8, 4) is 11.5 Å². The van der Waals surface area contributed by atoms with E-state index in [-0.39, 0.29) is 17.2 Å². The van der Waals surface area contributed by atoms with Crippen LogP contribution in [0.2, 0.25) is 0 Å². The molecule has 7 heteroatoms. The van der Waals surface area contributed by atoms with E-state index in [1.807, 2.05) is 13.8 Å². The molecule has 1 aromatic carbocycles. The number of aromatic nitrogens is 1. The molecule has 3 N–H and O–H groups in total. The third-order valence-electron chi connectivity index (χ3n) is 2.86. The minimum atomic E-state index is -4.54. The summed E-state index contributed by atoms with van der Waals surface area (Å²) in [6.45, 7) is 5.64. The summed E-state index contributed by atoms with van der Waals surface area (Å²) in [6, 6.07) is 4.78. The Kier molecular flexibility index (Phi) is 6.24. The van der Waals surface area contributed by atoms with Crippen molar-refractivity contribution in [1.82, 2.24) is 4.98 Å². The highest BCUT2D eigenvalue weighted by atomic mass is 19.4. The van der Waals surface area contributed by atoms with E-state index in [0.29, 0.717) is 5.56 Å². The van der Waals surface area contributed by atoms with Crippen LogP contribution < -0.4 is 10.5 Å². The quantitative estimate of drug-likeness (QED) is 0.811. The predicted molar refractivity (Wildman–Crippen MR) is 82.1 cm³/mol. The summed E-state index contributed by atoms with van der Waals surface area (Å²) in [6.07, 6.45) is -2.40. The van der Waals surface area contributed by atoms with Crippen molar-refractivity contribution in [3.05, 3.63) is 47.8 Å². The lowest BCUT2D eigenvalue weighted by Gasteiger charge is -2.17. The largest absolute Gasteiger partial charge is 0.506 e. The summed E-state index contributed by atoms with van der Waals surface area (Å²) >= 11 is 0. The number of halogens is 3. The predicted octanol–water partition coefficient (Wildman–Crippen LogP) is 4.55. The molecule has 0 spiro atoms. The summed E-state index contributed by atoms with van der Waals surface area (Å²) in [5, 5.41) is 9.33. The SMILES string of the molecule is CC.CC(Oc1ccc(N)c(C(F)(F)F)c1)c1cncc(O)c1. The Bertz CT molecular complexity index is 645. The van der Waals surface area contributed by atoms with Crippen LogP contribution in [0.3, 0.4) is 0 Å². The Morgan fingerprint density at radius 3 is 2.39 bits per heavy atom. The van der Waals surface area contributed by atoms with Gasteiger partial charge in [0.05, 0.1) is 11.8 Å². The minimum absolute atomic E-state index is 0.0346. The Hall–Kier alpha value is -2.44. The number of ether oxygens (including phenoxy) is 1. The molecule has 4 nitrogen and oxygen atoms in total. The van der Waals surface area contributed by atoms with Gasteiger partial charge in [-0.3, -0.25) is 4.98 Å². The summed E-state index contributed by atoms with van der Waals surface area (Å²) in [4.78, 5) is 3.79. The fourth-order valence-corrected chi connectivity index (χ4v) is 1.79. The van der Waals surface area contributed by atoms with E-state index in [9.17, 15) is 18.3 Å². The van der Waals surface area contributed by atoms with Gasteiger partial charge in [0.15, 0.2) is 0 Å². The van der Waals surface area contributed by atoms with E-state index in [0.717, 1.165) is 12.1 Å². The first kappa shape index (κ1) is 18.6. The van der Waals surface area contributed by atoms with Crippen molar-refractivity contribution in [3.63, 3.8) is 0 Å². The lowest BCUT2D eigenvalue weighted by molar-refractivity contribution is -0.137. The van der Waals surface area contributed by atoms with Gasteiger partial charge < -0.3 is 15.6 Å². The smallest absolute Gasteiger partial charge is 0.418 e. The van der Waals surface area contributed by atoms with Crippen LogP contribution in [0.15, 0.2) is 36.7 Å². The number of nitrogens with two attached hydrogens (primary N) is 1. The highest BCUT2D eigenvalue weighted by Gasteiger charge is 2.33. The average molecular weight is 328 g/mol. The summed E-state index contributed by atoms with van der Waals surface area (Å²) in [5.41, 5.74) is 4.56. The van der Waals surface area contributed by atoms with Gasteiger partial charge in [0.25, 0.3) is 0 Å². The van der Waals surface area contributed by atoms with Crippen LogP contribution in [0.5, 0.6) is 11.5 Å². The van der Waals surface area contributed by atoms with Crippen LogP contribution >= 0.6 is 0 Å². The van der Waals surface area contributed by atoms with Gasteiger partial charge in [0.2, 0.25) is 0 Å². The summed E-state index contributed by atoms with van der Waals surface area (Å²) < 4.78 is 43.7. The van der Waals surface area contributed by atoms with E-state index in [1.54, 1.807) is 6.92 Å². The van der Waals surface area contributed by atoms with Gasteiger partial charge in [-0.2, -0.15) is 13.2 Å². The zero-order chi connectivity index (χ0) is 17.6. The van der Waals surface area contributed by atoms with Crippen molar-refractivity contribution < 1.29 is 23.0 Å². The number of hydrogen-bond donors (Lipinski definition) is 2. The zero-order valence-corrected chi connectivity index (χ0v) is 13.1. The van der Waals surface area contributed by atoms with Crippen LogP contribution in [0.25, 0.3) is 0 Å². The second-order valence-electron chi connectivity index (χ2n) is 4.48. The molecule has 0 aliphatic rings. The first-order valence-corrected chi connectivity index (χ1v) is 7.04.